The number of hydrogen-bond acceptors (Lipinski definition) is 1. The van der Waals surface area contributed by atoms with Gasteiger partial charge in [-0.25, -0.2) is 4.98 Å². The number of hydrogen-bond donors (Lipinski definition) is 0. The van der Waals surface area contributed by atoms with Gasteiger partial charge < -0.3 is 0 Å². The van der Waals surface area contributed by atoms with Crippen LogP contribution in [-0.4, -0.2) is 9.55 Å². The molecule has 19 heavy (non-hydrogen) atoms. The van der Waals surface area contributed by atoms with E-state index >= 15 is 0 Å². The second-order valence-corrected chi connectivity index (χ2v) is 5.29. The fraction of sp³-hybridized carbons (Fsp3) is 0.235. The molecule has 0 saturated heterocycles. The number of aromatic nitrogens is 2. The molecule has 0 bridgehead atoms. The topological polar surface area (TPSA) is 17.8 Å². The van der Waals surface area contributed by atoms with E-state index < -0.39 is 0 Å². The molecule has 0 unspecified atom stereocenters. The lowest BCUT2D eigenvalue weighted by atomic mass is 10.1. The first kappa shape index (κ1) is 12.0. The summed E-state index contributed by atoms with van der Waals surface area (Å²) < 4.78 is 2.27. The van der Waals surface area contributed by atoms with E-state index in [1.165, 1.54) is 11.2 Å². The summed E-state index contributed by atoms with van der Waals surface area (Å²) in [6.07, 6.45) is 0.990. The summed E-state index contributed by atoms with van der Waals surface area (Å²) in [7, 11) is 0. The molecule has 0 spiro atoms. The third-order valence-corrected chi connectivity index (χ3v) is 3.24. The minimum Gasteiger partial charge on any atom is -0.296 e. The summed E-state index contributed by atoms with van der Waals surface area (Å²) in [5, 5.41) is 0. The third kappa shape index (κ3) is 2.26. The van der Waals surface area contributed by atoms with E-state index in [1.807, 2.05) is 12.1 Å². The van der Waals surface area contributed by atoms with Crippen molar-refractivity contribution in [1.82, 2.24) is 9.55 Å². The van der Waals surface area contributed by atoms with Gasteiger partial charge in [-0.1, -0.05) is 44.2 Å². The maximum Gasteiger partial charge on any atom is 0.114 e. The van der Waals surface area contributed by atoms with E-state index in [0.29, 0.717) is 5.92 Å². The van der Waals surface area contributed by atoms with Gasteiger partial charge in [0.2, 0.25) is 0 Å². The zero-order chi connectivity index (χ0) is 13.2. The average Bonchev–Trinajstić information content (AvgIpc) is 2.76. The first-order chi connectivity index (χ1) is 9.25. The van der Waals surface area contributed by atoms with E-state index in [9.17, 15) is 0 Å². The minimum absolute atomic E-state index is 0.597. The van der Waals surface area contributed by atoms with Gasteiger partial charge in [0.15, 0.2) is 0 Å². The van der Waals surface area contributed by atoms with Crippen LogP contribution in [0.5, 0.6) is 0 Å². The highest BCUT2D eigenvalue weighted by molar-refractivity contribution is 5.78. The number of rotatable bonds is 3. The summed E-state index contributed by atoms with van der Waals surface area (Å²) in [4.78, 5) is 4.79. The molecule has 2 aromatic carbocycles. The number of benzene rings is 2. The van der Waals surface area contributed by atoms with Gasteiger partial charge in [-0.15, -0.1) is 0 Å². The summed E-state index contributed by atoms with van der Waals surface area (Å²) in [5.41, 5.74) is 3.44. The van der Waals surface area contributed by atoms with Crippen molar-refractivity contribution in [3.05, 3.63) is 60.4 Å². The monoisotopic (exact) mass is 250 g/mol. The molecule has 0 amide bonds. The fourth-order valence-corrected chi connectivity index (χ4v) is 2.44. The molecule has 0 fully saturated rings. The Morgan fingerprint density at radius 2 is 1.63 bits per heavy atom. The van der Waals surface area contributed by atoms with Gasteiger partial charge in [-0.2, -0.15) is 0 Å². The molecular formula is C17H18N2. The standard InChI is InChI=1S/C17H18N2/c1-13(2)12-17-18-15-10-6-7-11-16(15)19(17)14-8-4-3-5-9-14/h3-11,13H,12H2,1-2H3. The van der Waals surface area contributed by atoms with E-state index in [2.05, 4.69) is 60.9 Å². The van der Waals surface area contributed by atoms with Crippen molar-refractivity contribution < 1.29 is 0 Å². The fourth-order valence-electron chi connectivity index (χ4n) is 2.44. The predicted octanol–water partition coefficient (Wildman–Crippen LogP) is 4.22. The highest BCUT2D eigenvalue weighted by atomic mass is 15.1. The van der Waals surface area contributed by atoms with Crippen LogP contribution < -0.4 is 0 Å². The van der Waals surface area contributed by atoms with Crippen molar-refractivity contribution in [3.8, 4) is 5.69 Å². The maximum atomic E-state index is 4.79. The highest BCUT2D eigenvalue weighted by Crippen LogP contribution is 2.22. The van der Waals surface area contributed by atoms with E-state index in [0.717, 1.165) is 17.8 Å². The minimum atomic E-state index is 0.597. The van der Waals surface area contributed by atoms with Gasteiger partial charge in [0.05, 0.1) is 11.0 Å². The number of para-hydroxylation sites is 3. The van der Waals surface area contributed by atoms with Gasteiger partial charge in [-0.3, -0.25) is 4.57 Å². The van der Waals surface area contributed by atoms with Crippen LogP contribution in [0.25, 0.3) is 16.7 Å². The van der Waals surface area contributed by atoms with Crippen LogP contribution in [0.4, 0.5) is 0 Å². The Bertz CT molecular complexity index is 681. The lowest BCUT2D eigenvalue weighted by Gasteiger charge is -2.10. The molecule has 3 aromatic rings. The summed E-state index contributed by atoms with van der Waals surface area (Å²) >= 11 is 0. The van der Waals surface area contributed by atoms with Crippen LogP contribution in [0.3, 0.4) is 0 Å². The first-order valence-corrected chi connectivity index (χ1v) is 6.77. The molecule has 0 aliphatic rings. The second kappa shape index (κ2) is 4.88. The number of nitrogens with zero attached hydrogens (tertiary/aromatic N) is 2. The van der Waals surface area contributed by atoms with Crippen molar-refractivity contribution in [1.29, 1.82) is 0 Å². The molecule has 0 saturated carbocycles. The average molecular weight is 250 g/mol. The molecular weight excluding hydrogens is 232 g/mol. The van der Waals surface area contributed by atoms with Crippen molar-refractivity contribution in [2.24, 2.45) is 5.92 Å². The molecule has 96 valence electrons. The molecule has 0 N–H and O–H groups in total. The quantitative estimate of drug-likeness (QED) is 0.680. The van der Waals surface area contributed by atoms with E-state index in [4.69, 9.17) is 4.98 Å². The van der Waals surface area contributed by atoms with Crippen molar-refractivity contribution in [3.63, 3.8) is 0 Å². The lowest BCUT2D eigenvalue weighted by molar-refractivity contribution is 0.616. The lowest BCUT2D eigenvalue weighted by Crippen LogP contribution is -2.04. The maximum absolute atomic E-state index is 4.79. The summed E-state index contributed by atoms with van der Waals surface area (Å²) in [6.45, 7) is 4.46. The van der Waals surface area contributed by atoms with Gasteiger partial charge in [0.1, 0.15) is 5.82 Å². The van der Waals surface area contributed by atoms with Crippen LogP contribution in [0.15, 0.2) is 54.6 Å². The van der Waals surface area contributed by atoms with Crippen LogP contribution in [-0.2, 0) is 6.42 Å². The van der Waals surface area contributed by atoms with Crippen LogP contribution in [0, 0.1) is 5.92 Å². The van der Waals surface area contributed by atoms with Gasteiger partial charge in [0.25, 0.3) is 0 Å². The molecule has 2 nitrogen and oxygen atoms in total. The van der Waals surface area contributed by atoms with Gasteiger partial charge >= 0.3 is 0 Å². The second-order valence-electron chi connectivity index (χ2n) is 5.29. The van der Waals surface area contributed by atoms with Crippen molar-refractivity contribution >= 4 is 11.0 Å². The smallest absolute Gasteiger partial charge is 0.114 e. The Morgan fingerprint density at radius 1 is 0.947 bits per heavy atom. The Hall–Kier alpha value is -2.09. The summed E-state index contributed by atoms with van der Waals surface area (Å²) in [5.74, 6) is 1.74. The third-order valence-electron chi connectivity index (χ3n) is 3.24. The van der Waals surface area contributed by atoms with Crippen LogP contribution in [0.2, 0.25) is 0 Å². The molecule has 3 rings (SSSR count). The van der Waals surface area contributed by atoms with Crippen molar-refractivity contribution in [2.45, 2.75) is 20.3 Å². The Kier molecular flexibility index (Phi) is 3.08. The molecule has 2 heteroatoms. The molecule has 0 aliphatic carbocycles. The molecule has 1 heterocycles. The Balaban J connectivity index is 2.24. The molecule has 0 atom stereocenters. The number of fused-ring (bicyclic) bond motifs is 1. The molecule has 1 aromatic heterocycles. The van der Waals surface area contributed by atoms with E-state index in [-0.39, 0.29) is 0 Å². The Morgan fingerprint density at radius 3 is 2.37 bits per heavy atom. The van der Waals surface area contributed by atoms with Crippen LogP contribution in [0.1, 0.15) is 19.7 Å². The van der Waals surface area contributed by atoms with Crippen molar-refractivity contribution in [2.75, 3.05) is 0 Å². The Labute approximate surface area is 113 Å². The SMILES string of the molecule is CC(C)Cc1nc2ccccc2n1-c1ccccc1. The normalized spacial score (nSPS) is 11.3. The first-order valence-electron chi connectivity index (χ1n) is 6.77. The zero-order valence-corrected chi connectivity index (χ0v) is 11.4. The summed E-state index contributed by atoms with van der Waals surface area (Å²) in [6, 6.07) is 18.8. The van der Waals surface area contributed by atoms with Crippen LogP contribution >= 0.6 is 0 Å². The molecule has 0 aliphatic heterocycles. The zero-order valence-electron chi connectivity index (χ0n) is 11.4. The van der Waals surface area contributed by atoms with E-state index in [1.54, 1.807) is 0 Å². The molecule has 0 radical (unpaired) electrons. The van der Waals surface area contributed by atoms with Gasteiger partial charge in [-0.05, 0) is 30.2 Å². The predicted molar refractivity (Wildman–Crippen MR) is 79.6 cm³/mol. The van der Waals surface area contributed by atoms with Gasteiger partial charge in [0, 0.05) is 12.1 Å². The number of imidazole rings is 1. The largest absolute Gasteiger partial charge is 0.296 e. The highest BCUT2D eigenvalue weighted by Gasteiger charge is 2.12.